The molecule has 5 nitrogen and oxygen atoms in total. The van der Waals surface area contributed by atoms with Gasteiger partial charge < -0.3 is 10.4 Å². The van der Waals surface area contributed by atoms with Crippen molar-refractivity contribution < 1.29 is 5.11 Å². The average Bonchev–Trinajstić information content (AvgIpc) is 3.07. The van der Waals surface area contributed by atoms with Crippen LogP contribution in [0, 0.1) is 0 Å². The molecule has 4 rings (SSSR count). The number of rotatable bonds is 4. The van der Waals surface area contributed by atoms with Gasteiger partial charge in [0.25, 0.3) is 0 Å². The highest BCUT2D eigenvalue weighted by molar-refractivity contribution is 7.17. The number of nitrogens with one attached hydrogen (secondary N) is 1. The zero-order valence-electron chi connectivity index (χ0n) is 13.4. The van der Waals surface area contributed by atoms with Gasteiger partial charge in [0, 0.05) is 25.3 Å². The highest BCUT2D eigenvalue weighted by Crippen LogP contribution is 2.27. The molecule has 2 aromatic heterocycles. The van der Waals surface area contributed by atoms with Crippen molar-refractivity contribution in [1.82, 2.24) is 14.9 Å². The Morgan fingerprint density at radius 2 is 2.08 bits per heavy atom. The van der Waals surface area contributed by atoms with Crippen LogP contribution in [-0.4, -0.2) is 39.2 Å². The van der Waals surface area contributed by atoms with Crippen molar-refractivity contribution in [3.05, 3.63) is 47.6 Å². The number of nitrogens with zero attached hydrogens (tertiary/aromatic N) is 3. The Balaban J connectivity index is 1.49. The molecule has 0 amide bonds. The lowest BCUT2D eigenvalue weighted by atomic mass is 10.1. The Labute approximate surface area is 145 Å². The summed E-state index contributed by atoms with van der Waals surface area (Å²) in [6.45, 7) is 2.83. The van der Waals surface area contributed by atoms with Gasteiger partial charge in [-0.1, -0.05) is 12.1 Å². The first-order valence-electron chi connectivity index (χ1n) is 8.22. The first-order valence-corrected chi connectivity index (χ1v) is 9.10. The zero-order chi connectivity index (χ0) is 16.4. The lowest BCUT2D eigenvalue weighted by Crippen LogP contribution is -2.35. The van der Waals surface area contributed by atoms with Crippen LogP contribution in [0.2, 0.25) is 0 Å². The van der Waals surface area contributed by atoms with E-state index in [1.165, 1.54) is 5.56 Å². The summed E-state index contributed by atoms with van der Waals surface area (Å²) in [6.07, 6.45) is 3.21. The van der Waals surface area contributed by atoms with E-state index in [-0.39, 0.29) is 6.10 Å². The summed E-state index contributed by atoms with van der Waals surface area (Å²) < 4.78 is 1.08. The third kappa shape index (κ3) is 3.40. The molecule has 0 radical (unpaired) electrons. The number of aromatic nitrogens is 2. The van der Waals surface area contributed by atoms with E-state index >= 15 is 0 Å². The number of hydrogen-bond acceptors (Lipinski definition) is 6. The van der Waals surface area contributed by atoms with Gasteiger partial charge in [-0.15, -0.1) is 11.3 Å². The molecule has 1 fully saturated rings. The summed E-state index contributed by atoms with van der Waals surface area (Å²) in [7, 11) is 0. The molecule has 3 aromatic rings. The quantitative estimate of drug-likeness (QED) is 0.762. The first kappa shape index (κ1) is 15.5. The highest BCUT2D eigenvalue weighted by Gasteiger charge is 2.17. The molecule has 0 atom stereocenters. The predicted octanol–water partition coefficient (Wildman–Crippen LogP) is 3.39. The topological polar surface area (TPSA) is 61.3 Å². The van der Waals surface area contributed by atoms with Crippen LogP contribution in [0.4, 0.5) is 11.5 Å². The third-order valence-corrected chi connectivity index (χ3v) is 5.31. The minimum Gasteiger partial charge on any atom is -0.393 e. The maximum atomic E-state index is 9.62. The zero-order valence-corrected chi connectivity index (χ0v) is 14.2. The summed E-state index contributed by atoms with van der Waals surface area (Å²) in [5, 5.41) is 15.1. The van der Waals surface area contributed by atoms with Crippen molar-refractivity contribution in [2.75, 3.05) is 18.4 Å². The molecule has 1 aromatic carbocycles. The van der Waals surface area contributed by atoms with E-state index in [9.17, 15) is 5.11 Å². The summed E-state index contributed by atoms with van der Waals surface area (Å²) in [4.78, 5) is 11.1. The number of thiophene rings is 1. The first-order chi connectivity index (χ1) is 11.8. The normalized spacial score (nSPS) is 16.5. The van der Waals surface area contributed by atoms with Gasteiger partial charge in [-0.2, -0.15) is 0 Å². The Hall–Kier alpha value is -2.02. The van der Waals surface area contributed by atoms with Gasteiger partial charge in [-0.25, -0.2) is 9.97 Å². The molecule has 24 heavy (non-hydrogen) atoms. The molecule has 6 heteroatoms. The Bertz CT molecular complexity index is 827. The lowest BCUT2D eigenvalue weighted by molar-refractivity contribution is 0.0792. The minimum atomic E-state index is -0.125. The molecule has 0 saturated carbocycles. The summed E-state index contributed by atoms with van der Waals surface area (Å²) in [6, 6.07) is 10.5. The maximum absolute atomic E-state index is 9.62. The van der Waals surface area contributed by atoms with Crippen molar-refractivity contribution in [3.63, 3.8) is 0 Å². The fourth-order valence-corrected chi connectivity index (χ4v) is 3.89. The average molecular weight is 340 g/mol. The number of likely N-dealkylation sites (tertiary alicyclic amines) is 1. The number of fused-ring (bicyclic) bond motifs is 1. The highest BCUT2D eigenvalue weighted by atomic mass is 32.1. The van der Waals surface area contributed by atoms with E-state index in [4.69, 9.17) is 0 Å². The lowest BCUT2D eigenvalue weighted by Gasteiger charge is -2.29. The standard InChI is InChI=1S/C18H20N4OS/c23-15-4-7-22(8-5-15)11-13-2-1-3-14(10-13)21-18-17-16(6-9-24-17)19-12-20-18/h1-3,6,9-10,12,15,23H,4-5,7-8,11H2,(H,19,20,21). The third-order valence-electron chi connectivity index (χ3n) is 4.40. The molecule has 0 aliphatic carbocycles. The van der Waals surface area contributed by atoms with Crippen molar-refractivity contribution in [1.29, 1.82) is 0 Å². The number of anilines is 2. The molecule has 0 spiro atoms. The van der Waals surface area contributed by atoms with E-state index in [0.29, 0.717) is 0 Å². The molecule has 2 N–H and O–H groups in total. The molecule has 3 heterocycles. The monoisotopic (exact) mass is 340 g/mol. The minimum absolute atomic E-state index is 0.125. The van der Waals surface area contributed by atoms with Gasteiger partial charge in [0.1, 0.15) is 6.33 Å². The van der Waals surface area contributed by atoms with Crippen LogP contribution in [0.15, 0.2) is 42.0 Å². The summed E-state index contributed by atoms with van der Waals surface area (Å²) in [5.41, 5.74) is 3.28. The van der Waals surface area contributed by atoms with E-state index in [1.54, 1.807) is 17.7 Å². The van der Waals surface area contributed by atoms with Gasteiger partial charge in [0.05, 0.1) is 16.3 Å². The number of aliphatic hydroxyl groups excluding tert-OH is 1. The number of piperidine rings is 1. The second-order valence-corrected chi connectivity index (χ2v) is 7.11. The smallest absolute Gasteiger partial charge is 0.151 e. The second-order valence-electron chi connectivity index (χ2n) is 6.19. The van der Waals surface area contributed by atoms with Crippen molar-refractivity contribution in [3.8, 4) is 0 Å². The van der Waals surface area contributed by atoms with Gasteiger partial charge in [-0.05, 0) is 42.0 Å². The van der Waals surface area contributed by atoms with Crippen LogP contribution in [0.1, 0.15) is 18.4 Å². The Morgan fingerprint density at radius 1 is 1.21 bits per heavy atom. The number of aliphatic hydroxyl groups is 1. The molecule has 0 unspecified atom stereocenters. The Kier molecular flexibility index (Phi) is 4.42. The summed E-state index contributed by atoms with van der Waals surface area (Å²) in [5.74, 6) is 0.855. The van der Waals surface area contributed by atoms with Gasteiger partial charge in [0.15, 0.2) is 5.82 Å². The SMILES string of the molecule is OC1CCN(Cc2cccc(Nc3ncnc4ccsc34)c2)CC1. The van der Waals surface area contributed by atoms with Crippen molar-refractivity contribution >= 4 is 33.1 Å². The van der Waals surface area contributed by atoms with E-state index in [1.807, 2.05) is 11.4 Å². The van der Waals surface area contributed by atoms with Crippen molar-refractivity contribution in [2.24, 2.45) is 0 Å². The van der Waals surface area contributed by atoms with Gasteiger partial charge in [0.2, 0.25) is 0 Å². The van der Waals surface area contributed by atoms with Crippen LogP contribution in [0.5, 0.6) is 0 Å². The summed E-state index contributed by atoms with van der Waals surface area (Å²) >= 11 is 1.65. The fourth-order valence-electron chi connectivity index (χ4n) is 3.10. The van der Waals surface area contributed by atoms with E-state index < -0.39 is 0 Å². The number of hydrogen-bond donors (Lipinski definition) is 2. The Morgan fingerprint density at radius 3 is 2.96 bits per heavy atom. The molecule has 0 bridgehead atoms. The van der Waals surface area contributed by atoms with Gasteiger partial charge in [-0.3, -0.25) is 4.90 Å². The largest absolute Gasteiger partial charge is 0.393 e. The number of benzene rings is 1. The predicted molar refractivity (Wildman–Crippen MR) is 97.7 cm³/mol. The van der Waals surface area contributed by atoms with E-state index in [2.05, 4.69) is 44.5 Å². The van der Waals surface area contributed by atoms with E-state index in [0.717, 1.165) is 54.2 Å². The molecule has 1 saturated heterocycles. The molecular formula is C18H20N4OS. The van der Waals surface area contributed by atoms with Crippen LogP contribution in [0.25, 0.3) is 10.2 Å². The van der Waals surface area contributed by atoms with Gasteiger partial charge >= 0.3 is 0 Å². The second kappa shape index (κ2) is 6.84. The molecule has 1 aliphatic heterocycles. The van der Waals surface area contributed by atoms with Crippen LogP contribution in [0.3, 0.4) is 0 Å². The fraction of sp³-hybridized carbons (Fsp3) is 0.333. The van der Waals surface area contributed by atoms with Crippen LogP contribution in [-0.2, 0) is 6.54 Å². The molecule has 1 aliphatic rings. The van der Waals surface area contributed by atoms with Crippen molar-refractivity contribution in [2.45, 2.75) is 25.5 Å². The molecular weight excluding hydrogens is 320 g/mol. The maximum Gasteiger partial charge on any atom is 0.151 e. The van der Waals surface area contributed by atoms with Crippen LogP contribution >= 0.6 is 11.3 Å². The van der Waals surface area contributed by atoms with Crippen LogP contribution < -0.4 is 5.32 Å². The molecule has 124 valence electrons.